The molecule has 1 saturated heterocycles. The fraction of sp³-hybridized carbons (Fsp3) is 0.273. The van der Waals surface area contributed by atoms with Crippen molar-refractivity contribution >= 4 is 107 Å². The molecule has 2 N–H and O–H groups in total. The predicted molar refractivity (Wildman–Crippen MR) is 190 cm³/mol. The lowest BCUT2D eigenvalue weighted by Gasteiger charge is -2.43. The van der Waals surface area contributed by atoms with Crippen molar-refractivity contribution < 1.29 is 19.1 Å². The maximum absolute atomic E-state index is 14.1. The number of H-pyrrole nitrogens is 1. The number of amides is 3. The molecule has 0 radical (unpaired) electrons. The zero-order valence-corrected chi connectivity index (χ0v) is 30.4. The Morgan fingerprint density at radius 2 is 1.66 bits per heavy atom. The molecule has 7 atom stereocenters. The van der Waals surface area contributed by atoms with Crippen LogP contribution in [0.2, 0.25) is 10.0 Å². The first-order chi connectivity index (χ1) is 22.6. The SMILES string of the molecule is O=C(COc1ccc(Br)cc1[C@H]1c2sc(=O)[nH]c2SC2C3CC(C4C(=O)N(c5ccc(Br)cc5)C(=O)C34)C21)Nc1ccc(Cl)c(Cl)c1. The van der Waals surface area contributed by atoms with Gasteiger partial charge in [0.2, 0.25) is 11.8 Å². The number of aromatic amines is 1. The molecule has 1 aromatic heterocycles. The van der Waals surface area contributed by atoms with E-state index in [4.69, 9.17) is 27.9 Å². The molecule has 0 spiro atoms. The van der Waals surface area contributed by atoms with E-state index in [-0.39, 0.29) is 58.1 Å². The number of thiazole rings is 1. The second-order valence-electron chi connectivity index (χ2n) is 12.1. The van der Waals surface area contributed by atoms with Crippen LogP contribution in [-0.4, -0.2) is 34.6 Å². The summed E-state index contributed by atoms with van der Waals surface area (Å²) < 4.78 is 7.86. The first-order valence-corrected chi connectivity index (χ1v) is 18.8. The van der Waals surface area contributed by atoms with Crippen LogP contribution in [0.5, 0.6) is 5.75 Å². The first-order valence-electron chi connectivity index (χ1n) is 14.8. The molecule has 8 nitrogen and oxygen atoms in total. The van der Waals surface area contributed by atoms with Gasteiger partial charge in [-0.3, -0.25) is 24.1 Å². The Hall–Kier alpha value is -2.61. The van der Waals surface area contributed by atoms with Gasteiger partial charge in [0.15, 0.2) is 6.61 Å². The fourth-order valence-electron chi connectivity index (χ4n) is 8.02. The van der Waals surface area contributed by atoms with Gasteiger partial charge in [-0.05, 0) is 84.8 Å². The van der Waals surface area contributed by atoms with E-state index in [9.17, 15) is 19.2 Å². The van der Waals surface area contributed by atoms with E-state index in [1.165, 1.54) is 16.2 Å². The number of rotatable bonds is 6. The van der Waals surface area contributed by atoms with Crippen molar-refractivity contribution in [2.75, 3.05) is 16.8 Å². The molecule has 4 aliphatic rings. The van der Waals surface area contributed by atoms with E-state index < -0.39 is 11.8 Å². The van der Waals surface area contributed by atoms with Crippen LogP contribution in [0.15, 0.2) is 79.4 Å². The minimum Gasteiger partial charge on any atom is -0.483 e. The van der Waals surface area contributed by atoms with Crippen molar-refractivity contribution in [2.45, 2.75) is 22.6 Å². The topological polar surface area (TPSA) is 109 Å². The van der Waals surface area contributed by atoms with Gasteiger partial charge in [0.1, 0.15) is 5.75 Å². The average Bonchev–Trinajstić information content (AvgIpc) is 3.78. The summed E-state index contributed by atoms with van der Waals surface area (Å²) in [5.41, 5.74) is 1.89. The molecule has 3 amide bonds. The molecule has 3 aromatic carbocycles. The van der Waals surface area contributed by atoms with E-state index in [0.29, 0.717) is 27.2 Å². The summed E-state index contributed by atoms with van der Waals surface area (Å²) in [7, 11) is 0. The van der Waals surface area contributed by atoms with E-state index >= 15 is 0 Å². The fourth-order valence-corrected chi connectivity index (χ4v) is 11.8. The van der Waals surface area contributed by atoms with Crippen molar-refractivity contribution in [3.63, 3.8) is 0 Å². The normalized spacial score (nSPS) is 27.1. The Kier molecular flexibility index (Phi) is 8.12. The van der Waals surface area contributed by atoms with Gasteiger partial charge < -0.3 is 15.0 Å². The number of fused-ring (bicyclic) bond motifs is 9. The summed E-state index contributed by atoms with van der Waals surface area (Å²) in [6.45, 7) is -0.271. The van der Waals surface area contributed by atoms with Crippen molar-refractivity contribution in [1.29, 1.82) is 0 Å². The van der Waals surface area contributed by atoms with Crippen LogP contribution in [0.1, 0.15) is 22.8 Å². The number of nitrogens with zero attached hydrogens (tertiary/aromatic N) is 1. The Bertz CT molecular complexity index is 2040. The predicted octanol–water partition coefficient (Wildman–Crippen LogP) is 7.96. The molecule has 240 valence electrons. The van der Waals surface area contributed by atoms with Crippen LogP contribution >= 0.6 is 78.2 Å². The molecule has 3 heterocycles. The highest BCUT2D eigenvalue weighted by Crippen LogP contribution is 2.69. The standard InChI is InChI=1S/C33H23Br2Cl2N3O5S2/c34-13-1-5-16(6-2-13)40-31(42)26-18-11-19(27(26)32(40)43)28-25(18)24(29-30(46-28)39-33(44)47-29)17-9-14(35)3-8-22(17)45-12-23(41)38-15-4-7-20(36)21(37)10-15/h1-10,18-19,24-28H,11-12H2,(H,38,41)(H,39,44)/t18?,19?,24-,25?,26?,27?,28?/m1/s1. The summed E-state index contributed by atoms with van der Waals surface area (Å²) in [5, 5.41) is 4.29. The maximum atomic E-state index is 14.1. The number of imide groups is 1. The third kappa shape index (κ3) is 5.30. The number of benzene rings is 3. The minimum atomic E-state index is -0.439. The van der Waals surface area contributed by atoms with Crippen molar-refractivity contribution in [1.82, 2.24) is 4.98 Å². The highest BCUT2D eigenvalue weighted by atomic mass is 79.9. The molecule has 2 aliphatic heterocycles. The average molecular weight is 836 g/mol. The largest absolute Gasteiger partial charge is 0.483 e. The lowest BCUT2D eigenvalue weighted by molar-refractivity contribution is -0.123. The Morgan fingerprint density at radius 1 is 0.936 bits per heavy atom. The lowest BCUT2D eigenvalue weighted by Crippen LogP contribution is -2.42. The maximum Gasteiger partial charge on any atom is 0.305 e. The summed E-state index contributed by atoms with van der Waals surface area (Å²) in [6.07, 6.45) is 0.759. The zero-order chi connectivity index (χ0) is 32.7. The lowest BCUT2D eigenvalue weighted by atomic mass is 9.68. The van der Waals surface area contributed by atoms with Gasteiger partial charge in [-0.1, -0.05) is 66.4 Å². The van der Waals surface area contributed by atoms with Crippen LogP contribution in [0.3, 0.4) is 0 Å². The van der Waals surface area contributed by atoms with E-state index in [2.05, 4.69) is 42.2 Å². The van der Waals surface area contributed by atoms with Crippen LogP contribution in [0.25, 0.3) is 0 Å². The summed E-state index contributed by atoms with van der Waals surface area (Å²) in [4.78, 5) is 58.8. The van der Waals surface area contributed by atoms with E-state index in [0.717, 1.165) is 30.8 Å². The van der Waals surface area contributed by atoms with Crippen LogP contribution < -0.4 is 19.8 Å². The number of thioether (sulfide) groups is 1. The van der Waals surface area contributed by atoms with Gasteiger partial charge in [0, 0.05) is 36.2 Å². The van der Waals surface area contributed by atoms with Crippen molar-refractivity contribution in [3.8, 4) is 5.75 Å². The Labute approximate surface area is 303 Å². The third-order valence-electron chi connectivity index (χ3n) is 9.68. The Balaban J connectivity index is 1.13. The molecule has 47 heavy (non-hydrogen) atoms. The molecular formula is C33H23Br2Cl2N3O5S2. The van der Waals surface area contributed by atoms with E-state index in [1.54, 1.807) is 42.1 Å². The van der Waals surface area contributed by atoms with E-state index in [1.807, 2.05) is 30.3 Å². The number of ether oxygens (including phenoxy) is 1. The van der Waals surface area contributed by atoms with Gasteiger partial charge in [-0.25, -0.2) is 0 Å². The van der Waals surface area contributed by atoms with Crippen LogP contribution in [0, 0.1) is 29.6 Å². The van der Waals surface area contributed by atoms with Crippen LogP contribution in [-0.2, 0) is 14.4 Å². The molecule has 2 bridgehead atoms. The molecule has 14 heteroatoms. The second kappa shape index (κ2) is 12.1. The number of aromatic nitrogens is 1. The van der Waals surface area contributed by atoms with Gasteiger partial charge in [-0.15, -0.1) is 11.8 Å². The van der Waals surface area contributed by atoms with Gasteiger partial charge >= 0.3 is 4.87 Å². The first kappa shape index (κ1) is 31.6. The molecule has 4 aromatic rings. The van der Waals surface area contributed by atoms with Gasteiger partial charge in [0.05, 0.1) is 32.6 Å². The quantitative estimate of drug-likeness (QED) is 0.191. The van der Waals surface area contributed by atoms with Gasteiger partial charge in [0.25, 0.3) is 5.91 Å². The molecule has 6 unspecified atom stereocenters. The number of nitrogens with one attached hydrogen (secondary N) is 2. The summed E-state index contributed by atoms with van der Waals surface area (Å²) in [5.74, 6) is -1.43. The van der Waals surface area contributed by atoms with Crippen LogP contribution in [0.4, 0.5) is 11.4 Å². The molecule has 8 rings (SSSR count). The molecule has 2 saturated carbocycles. The number of carbonyl (C=O) groups excluding carboxylic acids is 3. The number of hydrogen-bond acceptors (Lipinski definition) is 7. The number of hydrogen-bond donors (Lipinski definition) is 2. The van der Waals surface area contributed by atoms with Crippen molar-refractivity contribution in [3.05, 3.63) is 99.8 Å². The minimum absolute atomic E-state index is 0.00963. The summed E-state index contributed by atoms with van der Waals surface area (Å²) >= 11 is 22.0. The van der Waals surface area contributed by atoms with Gasteiger partial charge in [-0.2, -0.15) is 0 Å². The number of carbonyl (C=O) groups is 3. The highest BCUT2D eigenvalue weighted by Gasteiger charge is 2.69. The second-order valence-corrected chi connectivity index (χ2v) is 16.9. The highest BCUT2D eigenvalue weighted by molar-refractivity contribution is 9.10. The smallest absolute Gasteiger partial charge is 0.305 e. The molecule has 2 aliphatic carbocycles. The monoisotopic (exact) mass is 833 g/mol. The Morgan fingerprint density at radius 3 is 2.40 bits per heavy atom. The molecular weight excluding hydrogens is 813 g/mol. The third-order valence-corrected chi connectivity index (χ3v) is 14.0. The zero-order valence-electron chi connectivity index (χ0n) is 24.0. The molecule has 3 fully saturated rings. The van der Waals surface area contributed by atoms with Crippen molar-refractivity contribution in [2.24, 2.45) is 29.6 Å². The number of anilines is 2. The summed E-state index contributed by atoms with van der Waals surface area (Å²) in [6, 6.07) is 17.7. The number of halogens is 4.